The second kappa shape index (κ2) is 6.34. The lowest BCUT2D eigenvalue weighted by atomic mass is 10.3. The molecule has 2 aromatic rings. The molecule has 1 heterocycles. The van der Waals surface area contributed by atoms with E-state index in [1.54, 1.807) is 7.11 Å². The lowest BCUT2D eigenvalue weighted by Crippen LogP contribution is -2.06. The zero-order valence-corrected chi connectivity index (χ0v) is 12.5. The van der Waals surface area contributed by atoms with Crippen molar-refractivity contribution in [2.24, 2.45) is 0 Å². The van der Waals surface area contributed by atoms with E-state index in [1.165, 1.54) is 18.4 Å². The van der Waals surface area contributed by atoms with Crippen LogP contribution in [0.3, 0.4) is 0 Å². The van der Waals surface area contributed by atoms with Gasteiger partial charge < -0.3 is 9.30 Å². The zero-order valence-electron chi connectivity index (χ0n) is 10.9. The van der Waals surface area contributed by atoms with Crippen molar-refractivity contribution in [2.45, 2.75) is 32.7 Å². The highest BCUT2D eigenvalue weighted by Crippen LogP contribution is 2.21. The third-order valence-electron chi connectivity index (χ3n) is 3.05. The summed E-state index contributed by atoms with van der Waals surface area (Å²) in [6, 6.07) is 6.29. The second-order valence-electron chi connectivity index (χ2n) is 4.41. The largest absolute Gasteiger partial charge is 0.384 e. The summed E-state index contributed by atoms with van der Waals surface area (Å²) >= 11 is 3.50. The lowest BCUT2D eigenvalue weighted by Gasteiger charge is -2.08. The normalized spacial score (nSPS) is 11.3. The minimum absolute atomic E-state index is 0.719. The van der Waals surface area contributed by atoms with Crippen LogP contribution < -0.4 is 0 Å². The molecule has 0 atom stereocenters. The van der Waals surface area contributed by atoms with Crippen molar-refractivity contribution < 1.29 is 4.74 Å². The summed E-state index contributed by atoms with van der Waals surface area (Å²) in [7, 11) is 1.73. The quantitative estimate of drug-likeness (QED) is 0.811. The zero-order chi connectivity index (χ0) is 13.0. The maximum Gasteiger partial charge on any atom is 0.112 e. The Morgan fingerprint density at radius 1 is 1.39 bits per heavy atom. The van der Waals surface area contributed by atoms with Gasteiger partial charge >= 0.3 is 0 Å². The number of imidazole rings is 1. The fraction of sp³-hybridized carbons (Fsp3) is 0.500. The summed E-state index contributed by atoms with van der Waals surface area (Å²) in [5, 5.41) is 0. The smallest absolute Gasteiger partial charge is 0.112 e. The fourth-order valence-corrected chi connectivity index (χ4v) is 2.45. The summed E-state index contributed by atoms with van der Waals surface area (Å²) in [6.07, 6.45) is 3.24. The molecule has 3 nitrogen and oxygen atoms in total. The van der Waals surface area contributed by atoms with Gasteiger partial charge in [0.25, 0.3) is 0 Å². The molecule has 0 amide bonds. The van der Waals surface area contributed by atoms with E-state index in [2.05, 4.69) is 45.6 Å². The van der Waals surface area contributed by atoms with Crippen molar-refractivity contribution in [1.82, 2.24) is 9.55 Å². The predicted molar refractivity (Wildman–Crippen MR) is 77.9 cm³/mol. The standard InChI is InChI=1S/C14H19BrN2O/c1-3-4-8-17-13-6-5-11(15)10-12(13)16-14(17)7-9-18-2/h5-6,10H,3-4,7-9H2,1-2H3. The van der Waals surface area contributed by atoms with Crippen LogP contribution in [0, 0.1) is 0 Å². The summed E-state index contributed by atoms with van der Waals surface area (Å²) in [6.45, 7) is 3.97. The highest BCUT2D eigenvalue weighted by atomic mass is 79.9. The Morgan fingerprint density at radius 2 is 2.22 bits per heavy atom. The molecule has 1 aromatic carbocycles. The topological polar surface area (TPSA) is 27.1 Å². The van der Waals surface area contributed by atoms with Gasteiger partial charge in [0, 0.05) is 24.5 Å². The molecule has 0 radical (unpaired) electrons. The molecule has 0 bridgehead atoms. The molecule has 18 heavy (non-hydrogen) atoms. The monoisotopic (exact) mass is 310 g/mol. The molecule has 1 aromatic heterocycles. The van der Waals surface area contributed by atoms with Gasteiger partial charge in [-0.1, -0.05) is 29.3 Å². The van der Waals surface area contributed by atoms with E-state index in [9.17, 15) is 0 Å². The van der Waals surface area contributed by atoms with Crippen LogP contribution in [0.1, 0.15) is 25.6 Å². The molecule has 0 aliphatic rings. The predicted octanol–water partition coefficient (Wildman–Crippen LogP) is 3.79. The molecular weight excluding hydrogens is 292 g/mol. The Labute approximate surface area is 116 Å². The number of benzene rings is 1. The SMILES string of the molecule is CCCCn1c(CCOC)nc2cc(Br)ccc21. The van der Waals surface area contributed by atoms with Crippen LogP contribution >= 0.6 is 15.9 Å². The Balaban J connectivity index is 2.39. The summed E-state index contributed by atoms with van der Waals surface area (Å²) in [5.41, 5.74) is 2.28. The number of hydrogen-bond acceptors (Lipinski definition) is 2. The van der Waals surface area contributed by atoms with Gasteiger partial charge in [-0.3, -0.25) is 0 Å². The molecule has 0 aliphatic carbocycles. The summed E-state index contributed by atoms with van der Waals surface area (Å²) in [5.74, 6) is 1.12. The summed E-state index contributed by atoms with van der Waals surface area (Å²) in [4.78, 5) is 4.72. The number of aryl methyl sites for hydroxylation is 1. The Kier molecular flexibility index (Phi) is 4.78. The van der Waals surface area contributed by atoms with E-state index in [1.807, 2.05) is 0 Å². The third-order valence-corrected chi connectivity index (χ3v) is 3.55. The van der Waals surface area contributed by atoms with Gasteiger partial charge in [-0.2, -0.15) is 0 Å². The summed E-state index contributed by atoms with van der Waals surface area (Å²) < 4.78 is 8.56. The van der Waals surface area contributed by atoms with Gasteiger partial charge in [0.15, 0.2) is 0 Å². The molecule has 0 fully saturated rings. The molecular formula is C14H19BrN2O. The van der Waals surface area contributed by atoms with Crippen molar-refractivity contribution in [3.05, 3.63) is 28.5 Å². The van der Waals surface area contributed by atoms with Crippen molar-refractivity contribution in [3.63, 3.8) is 0 Å². The van der Waals surface area contributed by atoms with Crippen molar-refractivity contribution >= 4 is 27.0 Å². The number of hydrogen-bond donors (Lipinski definition) is 0. The molecule has 2 rings (SSSR count). The Bertz CT molecular complexity index is 522. The molecule has 4 heteroatoms. The average Bonchev–Trinajstić information content (AvgIpc) is 2.70. The number of fused-ring (bicyclic) bond motifs is 1. The van der Waals surface area contributed by atoms with E-state index in [0.717, 1.165) is 35.4 Å². The van der Waals surface area contributed by atoms with Crippen LogP contribution in [0.15, 0.2) is 22.7 Å². The average molecular weight is 311 g/mol. The molecule has 98 valence electrons. The second-order valence-corrected chi connectivity index (χ2v) is 5.32. The highest BCUT2D eigenvalue weighted by Gasteiger charge is 2.10. The number of nitrogens with zero attached hydrogens (tertiary/aromatic N) is 2. The minimum Gasteiger partial charge on any atom is -0.384 e. The Hall–Kier alpha value is -0.870. The van der Waals surface area contributed by atoms with Crippen molar-refractivity contribution in [2.75, 3.05) is 13.7 Å². The van der Waals surface area contributed by atoms with Gasteiger partial charge in [0.2, 0.25) is 0 Å². The number of aromatic nitrogens is 2. The lowest BCUT2D eigenvalue weighted by molar-refractivity contribution is 0.199. The first-order chi connectivity index (χ1) is 8.76. The molecule has 0 saturated carbocycles. The number of halogens is 1. The Morgan fingerprint density at radius 3 is 2.94 bits per heavy atom. The third kappa shape index (κ3) is 2.93. The van der Waals surface area contributed by atoms with Gasteiger partial charge in [-0.25, -0.2) is 4.98 Å². The van der Waals surface area contributed by atoms with Gasteiger partial charge in [-0.15, -0.1) is 0 Å². The maximum absolute atomic E-state index is 5.16. The van der Waals surface area contributed by atoms with Crippen LogP contribution in [-0.2, 0) is 17.7 Å². The maximum atomic E-state index is 5.16. The molecule has 0 aliphatic heterocycles. The number of methoxy groups -OCH3 is 1. The number of rotatable bonds is 6. The molecule has 0 spiro atoms. The van der Waals surface area contributed by atoms with E-state index in [4.69, 9.17) is 9.72 Å². The van der Waals surface area contributed by atoms with E-state index in [0.29, 0.717) is 0 Å². The van der Waals surface area contributed by atoms with Gasteiger partial charge in [0.1, 0.15) is 5.82 Å². The first kappa shape index (κ1) is 13.6. The van der Waals surface area contributed by atoms with Crippen LogP contribution in [0.5, 0.6) is 0 Å². The van der Waals surface area contributed by atoms with Gasteiger partial charge in [0.05, 0.1) is 17.6 Å². The van der Waals surface area contributed by atoms with Crippen molar-refractivity contribution in [3.8, 4) is 0 Å². The fourth-order valence-electron chi connectivity index (χ4n) is 2.10. The first-order valence-electron chi connectivity index (χ1n) is 6.40. The van der Waals surface area contributed by atoms with Crippen molar-refractivity contribution in [1.29, 1.82) is 0 Å². The van der Waals surface area contributed by atoms with Gasteiger partial charge in [-0.05, 0) is 24.6 Å². The highest BCUT2D eigenvalue weighted by molar-refractivity contribution is 9.10. The molecule has 0 unspecified atom stereocenters. The van der Waals surface area contributed by atoms with Crippen LogP contribution in [0.4, 0.5) is 0 Å². The van der Waals surface area contributed by atoms with Crippen LogP contribution in [-0.4, -0.2) is 23.3 Å². The molecule has 0 N–H and O–H groups in total. The van der Waals surface area contributed by atoms with Crippen LogP contribution in [0.2, 0.25) is 0 Å². The van der Waals surface area contributed by atoms with E-state index in [-0.39, 0.29) is 0 Å². The molecule has 0 saturated heterocycles. The minimum atomic E-state index is 0.719. The van der Waals surface area contributed by atoms with Crippen LogP contribution in [0.25, 0.3) is 11.0 Å². The first-order valence-corrected chi connectivity index (χ1v) is 7.19. The van der Waals surface area contributed by atoms with E-state index >= 15 is 0 Å². The number of unbranched alkanes of at least 4 members (excludes halogenated alkanes) is 1. The number of ether oxygens (including phenoxy) is 1. The van der Waals surface area contributed by atoms with E-state index < -0.39 is 0 Å².